The molecule has 1 atom stereocenters. The third-order valence-corrected chi connectivity index (χ3v) is 5.75. The fraction of sp³-hybridized carbons (Fsp3) is 0.538. The number of benzene rings is 1. The lowest BCUT2D eigenvalue weighted by molar-refractivity contribution is 0.250. The zero-order chi connectivity index (χ0) is 15.8. The lowest BCUT2D eigenvalue weighted by Gasteiger charge is -2.32. The summed E-state index contributed by atoms with van der Waals surface area (Å²) in [5.74, 6) is -3.89. The van der Waals surface area contributed by atoms with E-state index in [0.29, 0.717) is 18.9 Å². The molecule has 0 spiro atoms. The fourth-order valence-corrected chi connectivity index (χ4v) is 4.01. The first kappa shape index (κ1) is 19.2. The molecule has 1 heterocycles. The number of halogens is 4. The summed E-state index contributed by atoms with van der Waals surface area (Å²) < 4.78 is 65.4. The van der Waals surface area contributed by atoms with Crippen molar-refractivity contribution in [1.82, 2.24) is 4.31 Å². The van der Waals surface area contributed by atoms with Gasteiger partial charge in [-0.05, 0) is 31.7 Å². The molecule has 4 nitrogen and oxygen atoms in total. The van der Waals surface area contributed by atoms with Crippen LogP contribution in [-0.4, -0.2) is 31.9 Å². The highest BCUT2D eigenvalue weighted by atomic mass is 35.5. The van der Waals surface area contributed by atoms with Gasteiger partial charge < -0.3 is 5.73 Å². The molecular weight excluding hydrogens is 341 g/mol. The van der Waals surface area contributed by atoms with Crippen molar-refractivity contribution in [3.63, 3.8) is 0 Å². The van der Waals surface area contributed by atoms with E-state index >= 15 is 0 Å². The van der Waals surface area contributed by atoms with Gasteiger partial charge >= 0.3 is 0 Å². The third-order valence-electron chi connectivity index (χ3n) is 3.83. The number of hydrogen-bond acceptors (Lipinski definition) is 3. The molecule has 1 aliphatic rings. The molecule has 0 amide bonds. The van der Waals surface area contributed by atoms with Crippen molar-refractivity contribution in [3.05, 3.63) is 29.6 Å². The van der Waals surface area contributed by atoms with E-state index in [1.165, 1.54) is 0 Å². The standard InChI is InChI=1S/C13H17F3N2O2S.ClH/c1-8(17)9-2-4-18(5-3-9)21(19,20)13-7-11(15)10(14)6-12(13)16;/h6-9H,2-5,17H2,1H3;1H. The van der Waals surface area contributed by atoms with E-state index in [1.807, 2.05) is 6.92 Å². The Morgan fingerprint density at radius 1 is 1.14 bits per heavy atom. The minimum Gasteiger partial charge on any atom is -0.328 e. The van der Waals surface area contributed by atoms with Crippen LogP contribution < -0.4 is 5.73 Å². The number of nitrogens with zero attached hydrogens (tertiary/aromatic N) is 1. The van der Waals surface area contributed by atoms with Crippen molar-refractivity contribution in [2.75, 3.05) is 13.1 Å². The fourth-order valence-electron chi connectivity index (χ4n) is 2.48. The molecule has 1 aromatic rings. The highest BCUT2D eigenvalue weighted by molar-refractivity contribution is 7.89. The van der Waals surface area contributed by atoms with Gasteiger partial charge in [-0.3, -0.25) is 0 Å². The zero-order valence-electron chi connectivity index (χ0n) is 11.9. The van der Waals surface area contributed by atoms with Crippen LogP contribution in [0.15, 0.2) is 17.0 Å². The molecule has 22 heavy (non-hydrogen) atoms. The second-order valence-electron chi connectivity index (χ2n) is 5.30. The maximum atomic E-state index is 13.7. The molecule has 0 aromatic heterocycles. The van der Waals surface area contributed by atoms with Crippen molar-refractivity contribution in [1.29, 1.82) is 0 Å². The van der Waals surface area contributed by atoms with E-state index in [0.717, 1.165) is 4.31 Å². The van der Waals surface area contributed by atoms with E-state index < -0.39 is 32.4 Å². The number of sulfonamides is 1. The molecule has 0 saturated carbocycles. The second-order valence-corrected chi connectivity index (χ2v) is 7.20. The summed E-state index contributed by atoms with van der Waals surface area (Å²) in [4.78, 5) is -0.833. The quantitative estimate of drug-likeness (QED) is 0.843. The van der Waals surface area contributed by atoms with Crippen LogP contribution in [0.2, 0.25) is 0 Å². The Hall–Kier alpha value is -0.830. The Morgan fingerprint density at radius 3 is 2.14 bits per heavy atom. The second kappa shape index (κ2) is 7.16. The van der Waals surface area contributed by atoms with Gasteiger partial charge in [-0.25, -0.2) is 21.6 Å². The zero-order valence-corrected chi connectivity index (χ0v) is 13.6. The minimum absolute atomic E-state index is 0. The van der Waals surface area contributed by atoms with Gasteiger partial charge in [0.1, 0.15) is 10.7 Å². The molecule has 2 rings (SSSR count). The van der Waals surface area contributed by atoms with Gasteiger partial charge in [-0.2, -0.15) is 4.31 Å². The van der Waals surface area contributed by atoms with Crippen LogP contribution in [0.1, 0.15) is 19.8 Å². The number of rotatable bonds is 3. The number of hydrogen-bond donors (Lipinski definition) is 1. The van der Waals surface area contributed by atoms with Crippen LogP contribution in [-0.2, 0) is 10.0 Å². The Kier molecular flexibility index (Phi) is 6.26. The van der Waals surface area contributed by atoms with Gasteiger partial charge in [0.15, 0.2) is 11.6 Å². The summed E-state index contributed by atoms with van der Waals surface area (Å²) in [6.45, 7) is 2.23. The highest BCUT2D eigenvalue weighted by Crippen LogP contribution is 2.27. The summed E-state index contributed by atoms with van der Waals surface area (Å²) in [5, 5.41) is 0. The summed E-state index contributed by atoms with van der Waals surface area (Å²) >= 11 is 0. The maximum absolute atomic E-state index is 13.7. The third kappa shape index (κ3) is 3.73. The van der Waals surface area contributed by atoms with Gasteiger partial charge in [0.25, 0.3) is 0 Å². The summed E-state index contributed by atoms with van der Waals surface area (Å²) in [7, 11) is -4.17. The monoisotopic (exact) mass is 358 g/mol. The number of nitrogens with two attached hydrogens (primary N) is 1. The lowest BCUT2D eigenvalue weighted by Crippen LogP contribution is -2.42. The molecule has 0 radical (unpaired) electrons. The average molecular weight is 359 g/mol. The Morgan fingerprint density at radius 2 is 1.64 bits per heavy atom. The Bertz CT molecular complexity index is 632. The van der Waals surface area contributed by atoms with Gasteiger partial charge in [-0.15, -0.1) is 12.4 Å². The van der Waals surface area contributed by atoms with E-state index in [-0.39, 0.29) is 43.5 Å². The van der Waals surface area contributed by atoms with Crippen LogP contribution in [0, 0.1) is 23.4 Å². The molecule has 1 unspecified atom stereocenters. The van der Waals surface area contributed by atoms with Crippen LogP contribution >= 0.6 is 12.4 Å². The predicted molar refractivity (Wildman–Crippen MR) is 78.7 cm³/mol. The van der Waals surface area contributed by atoms with Gasteiger partial charge in [-0.1, -0.05) is 0 Å². The molecule has 1 aromatic carbocycles. The molecule has 2 N–H and O–H groups in total. The molecule has 9 heteroatoms. The van der Waals surface area contributed by atoms with Gasteiger partial charge in [0, 0.05) is 25.2 Å². The summed E-state index contributed by atoms with van der Waals surface area (Å²) in [5.41, 5.74) is 5.77. The van der Waals surface area contributed by atoms with Crippen molar-refractivity contribution in [2.24, 2.45) is 11.7 Å². The topological polar surface area (TPSA) is 63.4 Å². The molecule has 0 aliphatic carbocycles. The van der Waals surface area contributed by atoms with E-state index in [2.05, 4.69) is 0 Å². The Balaban J connectivity index is 0.00000242. The molecular formula is C13H18ClF3N2O2S. The smallest absolute Gasteiger partial charge is 0.246 e. The van der Waals surface area contributed by atoms with Crippen LogP contribution in [0.3, 0.4) is 0 Å². The first-order valence-electron chi connectivity index (χ1n) is 6.63. The lowest BCUT2D eigenvalue weighted by atomic mass is 9.92. The van der Waals surface area contributed by atoms with Crippen molar-refractivity contribution in [2.45, 2.75) is 30.7 Å². The minimum atomic E-state index is -4.17. The van der Waals surface area contributed by atoms with Crippen molar-refractivity contribution >= 4 is 22.4 Å². The molecule has 1 saturated heterocycles. The van der Waals surface area contributed by atoms with E-state index in [9.17, 15) is 21.6 Å². The first-order valence-corrected chi connectivity index (χ1v) is 8.07. The first-order chi connectivity index (χ1) is 9.73. The highest BCUT2D eigenvalue weighted by Gasteiger charge is 2.33. The molecule has 126 valence electrons. The van der Waals surface area contributed by atoms with Gasteiger partial charge in [0.2, 0.25) is 10.0 Å². The normalized spacial score (nSPS) is 18.8. The predicted octanol–water partition coefficient (Wildman–Crippen LogP) is 2.27. The van der Waals surface area contributed by atoms with Crippen LogP contribution in [0.4, 0.5) is 13.2 Å². The van der Waals surface area contributed by atoms with E-state index in [1.54, 1.807) is 0 Å². The summed E-state index contributed by atoms with van der Waals surface area (Å²) in [6.07, 6.45) is 1.12. The largest absolute Gasteiger partial charge is 0.328 e. The average Bonchev–Trinajstić information content (AvgIpc) is 2.42. The van der Waals surface area contributed by atoms with Gasteiger partial charge in [0.05, 0.1) is 0 Å². The molecule has 1 fully saturated rings. The van der Waals surface area contributed by atoms with Crippen LogP contribution in [0.25, 0.3) is 0 Å². The number of piperidine rings is 1. The maximum Gasteiger partial charge on any atom is 0.246 e. The SMILES string of the molecule is CC(N)C1CCN(S(=O)(=O)c2cc(F)c(F)cc2F)CC1.Cl. The van der Waals surface area contributed by atoms with Crippen LogP contribution in [0.5, 0.6) is 0 Å². The van der Waals surface area contributed by atoms with Crippen molar-refractivity contribution < 1.29 is 21.6 Å². The Labute approximate surface area is 133 Å². The van der Waals surface area contributed by atoms with Crippen molar-refractivity contribution in [3.8, 4) is 0 Å². The summed E-state index contributed by atoms with van der Waals surface area (Å²) in [6, 6.07) is 0.587. The molecule has 1 aliphatic heterocycles. The van der Waals surface area contributed by atoms with E-state index in [4.69, 9.17) is 5.73 Å². The molecule has 0 bridgehead atoms.